The molecule has 6 nitrogen and oxygen atoms in total. The van der Waals surface area contributed by atoms with Crippen molar-refractivity contribution in [3.05, 3.63) is 53.1 Å². The third-order valence-corrected chi connectivity index (χ3v) is 3.91. The smallest absolute Gasteiger partial charge is 0.334 e. The van der Waals surface area contributed by atoms with E-state index in [0.717, 1.165) is 11.1 Å². The Labute approximate surface area is 144 Å². The van der Waals surface area contributed by atoms with Gasteiger partial charge in [0.05, 0.1) is 0 Å². The van der Waals surface area contributed by atoms with Crippen LogP contribution in [0.4, 0.5) is 0 Å². The molecule has 0 unspecified atom stereocenters. The third-order valence-electron chi connectivity index (χ3n) is 3.91. The molecule has 0 fully saturated rings. The van der Waals surface area contributed by atoms with Crippen molar-refractivity contribution >= 4 is 12.0 Å². The summed E-state index contributed by atoms with van der Waals surface area (Å²) in [5.41, 5.74) is 2.19. The van der Waals surface area contributed by atoms with E-state index >= 15 is 0 Å². The van der Waals surface area contributed by atoms with E-state index in [1.54, 1.807) is 19.1 Å². The minimum absolute atomic E-state index is 0.168. The Bertz CT molecular complexity index is 855. The second-order valence-electron chi connectivity index (χ2n) is 5.70. The molecule has 0 saturated carbocycles. The van der Waals surface area contributed by atoms with Crippen molar-refractivity contribution in [2.24, 2.45) is 0 Å². The zero-order valence-corrected chi connectivity index (χ0v) is 13.6. The Kier molecular flexibility index (Phi) is 3.93. The first-order valence-corrected chi connectivity index (χ1v) is 7.83. The second kappa shape index (κ2) is 6.39. The van der Waals surface area contributed by atoms with Crippen LogP contribution in [0.25, 0.3) is 6.08 Å². The Balaban J connectivity index is 1.40. The molecule has 128 valence electrons. The summed E-state index contributed by atoms with van der Waals surface area (Å²) in [5, 5.41) is 0. The van der Waals surface area contributed by atoms with Gasteiger partial charge in [-0.05, 0) is 48.4 Å². The fraction of sp³-hybridized carbons (Fsp3) is 0.211. The second-order valence-corrected chi connectivity index (χ2v) is 5.70. The summed E-state index contributed by atoms with van der Waals surface area (Å²) in [4.78, 5) is 12.2. The molecule has 0 saturated heterocycles. The highest BCUT2D eigenvalue weighted by atomic mass is 16.7. The predicted octanol–water partition coefficient (Wildman–Crippen LogP) is 3.29. The maximum Gasteiger partial charge on any atom is 0.334 e. The molecule has 2 aliphatic heterocycles. The molecule has 0 amide bonds. The zero-order valence-electron chi connectivity index (χ0n) is 13.6. The van der Waals surface area contributed by atoms with Crippen LogP contribution in [0, 0.1) is 0 Å². The van der Waals surface area contributed by atoms with E-state index in [0.29, 0.717) is 28.6 Å². The molecule has 0 bridgehead atoms. The lowest BCUT2D eigenvalue weighted by Gasteiger charge is -2.06. The van der Waals surface area contributed by atoms with Crippen molar-refractivity contribution in [3.63, 3.8) is 0 Å². The summed E-state index contributed by atoms with van der Waals surface area (Å²) in [7, 11) is 0. The van der Waals surface area contributed by atoms with Gasteiger partial charge in [0.25, 0.3) is 0 Å². The first-order chi connectivity index (χ1) is 12.2. The van der Waals surface area contributed by atoms with Crippen LogP contribution in [0.3, 0.4) is 0 Å². The van der Waals surface area contributed by atoms with E-state index in [1.807, 2.05) is 30.3 Å². The molecule has 0 spiro atoms. The molecule has 6 heteroatoms. The number of rotatable bonds is 4. The Morgan fingerprint density at radius 2 is 1.60 bits per heavy atom. The number of benzene rings is 2. The standard InChI is InChI=1S/C19H16O6/c1-12(6-13-2-4-15-17(7-13)24-10-22-15)19(20)21-9-14-3-5-16-18(8-14)25-11-23-16/h2-8H,9-11H2,1H3/b12-6+. The number of carbonyl (C=O) groups excluding carboxylic acids is 1. The van der Waals surface area contributed by atoms with Crippen molar-refractivity contribution in [3.8, 4) is 23.0 Å². The number of hydrogen-bond acceptors (Lipinski definition) is 6. The van der Waals surface area contributed by atoms with Gasteiger partial charge in [-0.2, -0.15) is 0 Å². The molecule has 0 atom stereocenters. The van der Waals surface area contributed by atoms with Crippen LogP contribution in [-0.2, 0) is 16.1 Å². The van der Waals surface area contributed by atoms with Gasteiger partial charge in [-0.15, -0.1) is 0 Å². The Hall–Kier alpha value is -3.15. The lowest BCUT2D eigenvalue weighted by atomic mass is 10.1. The average Bonchev–Trinajstić information content (AvgIpc) is 3.27. The van der Waals surface area contributed by atoms with Gasteiger partial charge in [0.2, 0.25) is 13.6 Å². The quantitative estimate of drug-likeness (QED) is 0.629. The fourth-order valence-electron chi connectivity index (χ4n) is 2.61. The van der Waals surface area contributed by atoms with Gasteiger partial charge < -0.3 is 23.7 Å². The summed E-state index contributed by atoms with van der Waals surface area (Å²) in [6.45, 7) is 2.32. The van der Waals surface area contributed by atoms with Gasteiger partial charge in [-0.1, -0.05) is 12.1 Å². The van der Waals surface area contributed by atoms with Crippen LogP contribution >= 0.6 is 0 Å². The highest BCUT2D eigenvalue weighted by Crippen LogP contribution is 2.34. The number of carbonyl (C=O) groups is 1. The highest BCUT2D eigenvalue weighted by molar-refractivity contribution is 5.93. The summed E-state index contributed by atoms with van der Waals surface area (Å²) < 4.78 is 26.5. The number of fused-ring (bicyclic) bond motifs is 2. The number of ether oxygens (including phenoxy) is 5. The molecular formula is C19H16O6. The molecule has 2 aromatic carbocycles. The van der Waals surface area contributed by atoms with Crippen LogP contribution in [0.15, 0.2) is 42.0 Å². The van der Waals surface area contributed by atoms with Crippen molar-refractivity contribution in [1.82, 2.24) is 0 Å². The van der Waals surface area contributed by atoms with Gasteiger partial charge in [0.1, 0.15) is 6.61 Å². The van der Waals surface area contributed by atoms with Crippen molar-refractivity contribution in [2.45, 2.75) is 13.5 Å². The largest absolute Gasteiger partial charge is 0.457 e. The van der Waals surface area contributed by atoms with Crippen LogP contribution in [0.1, 0.15) is 18.1 Å². The molecule has 2 aliphatic rings. The van der Waals surface area contributed by atoms with Gasteiger partial charge in [-0.25, -0.2) is 4.79 Å². The minimum Gasteiger partial charge on any atom is -0.457 e. The predicted molar refractivity (Wildman–Crippen MR) is 88.6 cm³/mol. The van der Waals surface area contributed by atoms with E-state index in [-0.39, 0.29) is 26.2 Å². The topological polar surface area (TPSA) is 63.2 Å². The molecule has 0 radical (unpaired) electrons. The molecule has 25 heavy (non-hydrogen) atoms. The third kappa shape index (κ3) is 3.24. The minimum atomic E-state index is -0.379. The average molecular weight is 340 g/mol. The monoisotopic (exact) mass is 340 g/mol. The summed E-state index contributed by atoms with van der Waals surface area (Å²) in [6.07, 6.45) is 1.75. The fourth-order valence-corrected chi connectivity index (χ4v) is 2.61. The summed E-state index contributed by atoms with van der Waals surface area (Å²) in [6, 6.07) is 11.0. The molecule has 2 heterocycles. The molecule has 4 rings (SSSR count). The number of esters is 1. The van der Waals surface area contributed by atoms with Crippen LogP contribution < -0.4 is 18.9 Å². The normalized spacial score (nSPS) is 14.5. The maximum absolute atomic E-state index is 12.2. The van der Waals surface area contributed by atoms with Crippen molar-refractivity contribution < 1.29 is 28.5 Å². The lowest BCUT2D eigenvalue weighted by molar-refractivity contribution is -0.140. The molecular weight excluding hydrogens is 324 g/mol. The van der Waals surface area contributed by atoms with Gasteiger partial charge in [-0.3, -0.25) is 0 Å². The van der Waals surface area contributed by atoms with Crippen LogP contribution in [0.2, 0.25) is 0 Å². The molecule has 0 aromatic heterocycles. The Morgan fingerprint density at radius 3 is 2.36 bits per heavy atom. The van der Waals surface area contributed by atoms with E-state index < -0.39 is 0 Å². The molecule has 2 aromatic rings. The zero-order chi connectivity index (χ0) is 17.2. The SMILES string of the molecule is C/C(=C\c1ccc2c(c1)OCO2)C(=O)OCc1ccc2c(c1)OCO2. The maximum atomic E-state index is 12.2. The van der Waals surface area contributed by atoms with E-state index in [4.69, 9.17) is 23.7 Å². The lowest BCUT2D eigenvalue weighted by Crippen LogP contribution is -2.05. The first-order valence-electron chi connectivity index (χ1n) is 7.83. The van der Waals surface area contributed by atoms with E-state index in [9.17, 15) is 4.79 Å². The van der Waals surface area contributed by atoms with Gasteiger partial charge in [0, 0.05) is 5.57 Å². The molecule has 0 N–H and O–H groups in total. The Morgan fingerprint density at radius 1 is 0.960 bits per heavy atom. The van der Waals surface area contributed by atoms with E-state index in [2.05, 4.69) is 0 Å². The first kappa shape index (κ1) is 15.4. The van der Waals surface area contributed by atoms with Crippen molar-refractivity contribution in [2.75, 3.05) is 13.6 Å². The molecule has 0 aliphatic carbocycles. The van der Waals surface area contributed by atoms with Crippen LogP contribution in [0.5, 0.6) is 23.0 Å². The summed E-state index contributed by atoms with van der Waals surface area (Å²) >= 11 is 0. The van der Waals surface area contributed by atoms with Gasteiger partial charge in [0.15, 0.2) is 23.0 Å². The highest BCUT2D eigenvalue weighted by Gasteiger charge is 2.15. The summed E-state index contributed by atoms with van der Waals surface area (Å²) in [5.74, 6) is 2.38. The van der Waals surface area contributed by atoms with Crippen molar-refractivity contribution in [1.29, 1.82) is 0 Å². The van der Waals surface area contributed by atoms with Gasteiger partial charge >= 0.3 is 5.97 Å². The van der Waals surface area contributed by atoms with Crippen LogP contribution in [-0.4, -0.2) is 19.6 Å². The number of hydrogen-bond donors (Lipinski definition) is 0. The van der Waals surface area contributed by atoms with E-state index in [1.165, 1.54) is 0 Å².